The molecule has 0 fully saturated rings. The van der Waals surface area contributed by atoms with Gasteiger partial charge in [-0.15, -0.1) is 11.3 Å². The minimum Gasteiger partial charge on any atom is -0.321 e. The van der Waals surface area contributed by atoms with Crippen molar-refractivity contribution in [1.29, 1.82) is 0 Å². The molecule has 9 heteroatoms. The Balaban J connectivity index is 1.53. The molecule has 6 nitrogen and oxygen atoms in total. The summed E-state index contributed by atoms with van der Waals surface area (Å²) >= 11 is 7.20. The average Bonchev–Trinajstić information content (AvgIpc) is 3.37. The van der Waals surface area contributed by atoms with Gasteiger partial charge in [-0.05, 0) is 53.9 Å². The number of ketones is 1. The van der Waals surface area contributed by atoms with Crippen molar-refractivity contribution in [3.05, 3.63) is 112 Å². The van der Waals surface area contributed by atoms with Gasteiger partial charge in [0.05, 0.1) is 5.69 Å². The summed E-state index contributed by atoms with van der Waals surface area (Å²) in [5.41, 5.74) is 1.68. The second-order valence-electron chi connectivity index (χ2n) is 6.95. The van der Waals surface area contributed by atoms with E-state index >= 15 is 0 Å². The molecule has 33 heavy (non-hydrogen) atoms. The first-order valence-corrected chi connectivity index (χ1v) is 12.4. The molecule has 1 aromatic heterocycles. The van der Waals surface area contributed by atoms with E-state index in [4.69, 9.17) is 11.6 Å². The quantitative estimate of drug-likeness (QED) is 0.322. The molecule has 0 aliphatic heterocycles. The number of nitrogens with one attached hydrogen (secondary N) is 2. The van der Waals surface area contributed by atoms with Crippen LogP contribution in [0.4, 0.5) is 11.4 Å². The Morgan fingerprint density at radius 2 is 1.55 bits per heavy atom. The first kappa shape index (κ1) is 22.7. The fourth-order valence-corrected chi connectivity index (χ4v) is 5.29. The van der Waals surface area contributed by atoms with Crippen LogP contribution in [0, 0.1) is 0 Å². The summed E-state index contributed by atoms with van der Waals surface area (Å²) in [7, 11) is -3.68. The zero-order valence-corrected chi connectivity index (χ0v) is 19.4. The summed E-state index contributed by atoms with van der Waals surface area (Å²) in [4.78, 5) is 25.7. The lowest BCUT2D eigenvalue weighted by molar-refractivity contribution is 0.102. The van der Waals surface area contributed by atoms with Gasteiger partial charge in [0.25, 0.3) is 15.9 Å². The lowest BCUT2D eigenvalue weighted by Gasteiger charge is -2.12. The number of thiophene rings is 1. The fraction of sp³-hybridized carbons (Fsp3) is 0. The molecule has 0 unspecified atom stereocenters. The maximum atomic E-state index is 12.9. The molecule has 1 amide bonds. The van der Waals surface area contributed by atoms with Crippen LogP contribution in [-0.2, 0) is 10.0 Å². The van der Waals surface area contributed by atoms with Crippen molar-refractivity contribution in [1.82, 2.24) is 0 Å². The maximum Gasteiger partial charge on any atom is 0.271 e. The maximum absolute atomic E-state index is 12.9. The predicted molar refractivity (Wildman–Crippen MR) is 131 cm³/mol. The smallest absolute Gasteiger partial charge is 0.271 e. The van der Waals surface area contributed by atoms with Gasteiger partial charge in [0, 0.05) is 27.4 Å². The lowest BCUT2D eigenvalue weighted by atomic mass is 10.0. The van der Waals surface area contributed by atoms with Crippen molar-refractivity contribution in [3.63, 3.8) is 0 Å². The number of sulfonamides is 1. The third-order valence-corrected chi connectivity index (χ3v) is 7.68. The van der Waals surface area contributed by atoms with Gasteiger partial charge in [-0.3, -0.25) is 14.3 Å². The monoisotopic (exact) mass is 496 g/mol. The second kappa shape index (κ2) is 9.58. The van der Waals surface area contributed by atoms with Crippen LogP contribution < -0.4 is 10.0 Å². The normalized spacial score (nSPS) is 11.1. The molecule has 0 radical (unpaired) electrons. The van der Waals surface area contributed by atoms with E-state index in [1.807, 2.05) is 6.07 Å². The highest BCUT2D eigenvalue weighted by molar-refractivity contribution is 7.94. The Labute approximate surface area is 199 Å². The summed E-state index contributed by atoms with van der Waals surface area (Å²) < 4.78 is 27.4. The highest BCUT2D eigenvalue weighted by Crippen LogP contribution is 2.25. The van der Waals surface area contributed by atoms with Gasteiger partial charge in [-0.1, -0.05) is 48.0 Å². The molecule has 4 rings (SSSR count). The molecule has 4 aromatic rings. The van der Waals surface area contributed by atoms with Crippen LogP contribution in [0.3, 0.4) is 0 Å². The molecule has 0 bridgehead atoms. The van der Waals surface area contributed by atoms with Gasteiger partial charge < -0.3 is 5.32 Å². The number of halogens is 1. The fourth-order valence-electron chi connectivity index (χ4n) is 3.06. The summed E-state index contributed by atoms with van der Waals surface area (Å²) in [6.07, 6.45) is 0. The van der Waals surface area contributed by atoms with Gasteiger partial charge >= 0.3 is 0 Å². The van der Waals surface area contributed by atoms with E-state index in [1.165, 1.54) is 36.4 Å². The van der Waals surface area contributed by atoms with Crippen molar-refractivity contribution in [2.45, 2.75) is 4.21 Å². The lowest BCUT2D eigenvalue weighted by Crippen LogP contribution is -2.16. The van der Waals surface area contributed by atoms with Crippen molar-refractivity contribution < 1.29 is 18.0 Å². The Morgan fingerprint density at radius 3 is 2.21 bits per heavy atom. The highest BCUT2D eigenvalue weighted by atomic mass is 35.5. The molecule has 0 saturated heterocycles. The first-order valence-electron chi connectivity index (χ1n) is 9.70. The van der Waals surface area contributed by atoms with E-state index in [-0.39, 0.29) is 15.6 Å². The topological polar surface area (TPSA) is 92.3 Å². The molecule has 0 atom stereocenters. The number of amides is 1. The highest BCUT2D eigenvalue weighted by Gasteiger charge is 2.18. The Kier molecular flexibility index (Phi) is 6.60. The third kappa shape index (κ3) is 5.31. The number of benzene rings is 3. The zero-order chi connectivity index (χ0) is 23.4. The number of hydrogen-bond donors (Lipinski definition) is 2. The summed E-state index contributed by atoms with van der Waals surface area (Å²) in [6.45, 7) is 0. The largest absolute Gasteiger partial charge is 0.321 e. The number of carbonyl (C=O) groups excluding carboxylic acids is 2. The number of carbonyl (C=O) groups is 2. The number of rotatable bonds is 7. The van der Waals surface area contributed by atoms with E-state index in [0.717, 1.165) is 11.3 Å². The second-order valence-corrected chi connectivity index (χ2v) is 10.2. The van der Waals surface area contributed by atoms with E-state index in [9.17, 15) is 18.0 Å². The van der Waals surface area contributed by atoms with Crippen molar-refractivity contribution in [2.24, 2.45) is 0 Å². The Hall–Kier alpha value is -3.46. The van der Waals surface area contributed by atoms with Crippen LogP contribution in [0.2, 0.25) is 5.02 Å². The molecule has 0 saturated carbocycles. The average molecular weight is 497 g/mol. The minimum absolute atomic E-state index is 0.197. The van der Waals surface area contributed by atoms with Gasteiger partial charge in [-0.25, -0.2) is 8.42 Å². The standard InChI is InChI=1S/C24H17ClN2O4S2/c25-18-10-13-21(20(15-18)23(28)16-5-2-1-3-6-16)26-24(29)17-8-11-19(12-9-17)27-33(30,31)22-7-4-14-32-22/h1-15,27H,(H,26,29). The van der Waals surface area contributed by atoms with Crippen LogP contribution in [0.5, 0.6) is 0 Å². The van der Waals surface area contributed by atoms with Crippen molar-refractivity contribution >= 4 is 56.0 Å². The van der Waals surface area contributed by atoms with Crippen molar-refractivity contribution in [2.75, 3.05) is 10.0 Å². The molecule has 1 heterocycles. The minimum atomic E-state index is -3.68. The molecule has 166 valence electrons. The zero-order valence-electron chi connectivity index (χ0n) is 17.0. The van der Waals surface area contributed by atoms with Crippen LogP contribution in [0.25, 0.3) is 0 Å². The van der Waals surface area contributed by atoms with Crippen LogP contribution in [-0.4, -0.2) is 20.1 Å². The molecule has 3 aromatic carbocycles. The van der Waals surface area contributed by atoms with E-state index in [0.29, 0.717) is 27.5 Å². The predicted octanol–water partition coefficient (Wildman–Crippen LogP) is 5.69. The molecular formula is C24H17ClN2O4S2. The van der Waals surface area contributed by atoms with Crippen LogP contribution in [0.1, 0.15) is 26.3 Å². The number of anilines is 2. The van der Waals surface area contributed by atoms with Gasteiger partial charge in [0.15, 0.2) is 5.78 Å². The summed E-state index contributed by atoms with van der Waals surface area (Å²) in [6, 6.07) is 22.5. The molecule has 0 aliphatic carbocycles. The Morgan fingerprint density at radius 1 is 0.818 bits per heavy atom. The molecular weight excluding hydrogens is 480 g/mol. The van der Waals surface area contributed by atoms with E-state index in [1.54, 1.807) is 47.8 Å². The first-order chi connectivity index (χ1) is 15.8. The van der Waals surface area contributed by atoms with Crippen molar-refractivity contribution in [3.8, 4) is 0 Å². The number of hydrogen-bond acceptors (Lipinski definition) is 5. The van der Waals surface area contributed by atoms with Crippen LogP contribution in [0.15, 0.2) is 94.5 Å². The summed E-state index contributed by atoms with van der Waals surface area (Å²) in [5, 5.41) is 4.79. The Bertz CT molecular complexity index is 1400. The van der Waals surface area contributed by atoms with E-state index in [2.05, 4.69) is 10.0 Å². The summed E-state index contributed by atoms with van der Waals surface area (Å²) in [5.74, 6) is -0.723. The van der Waals surface area contributed by atoms with E-state index < -0.39 is 15.9 Å². The van der Waals surface area contributed by atoms with Crippen LogP contribution >= 0.6 is 22.9 Å². The van der Waals surface area contributed by atoms with Gasteiger partial charge in [0.1, 0.15) is 4.21 Å². The SMILES string of the molecule is O=C(Nc1ccc(Cl)cc1C(=O)c1ccccc1)c1ccc(NS(=O)(=O)c2cccs2)cc1. The third-order valence-electron chi connectivity index (χ3n) is 4.67. The molecule has 0 spiro atoms. The van der Waals surface area contributed by atoms with Gasteiger partial charge in [-0.2, -0.15) is 0 Å². The van der Waals surface area contributed by atoms with Gasteiger partial charge in [0.2, 0.25) is 0 Å². The molecule has 2 N–H and O–H groups in total. The molecule has 0 aliphatic rings.